The van der Waals surface area contributed by atoms with Crippen molar-refractivity contribution in [1.82, 2.24) is 4.98 Å². The monoisotopic (exact) mass is 335 g/mol. The second-order valence-electron chi connectivity index (χ2n) is 3.66. The lowest BCUT2D eigenvalue weighted by Crippen LogP contribution is -1.82. The molecule has 0 radical (unpaired) electrons. The van der Waals surface area contributed by atoms with Crippen LogP contribution in [0.2, 0.25) is 0 Å². The molecule has 1 heterocycles. The molecule has 0 spiro atoms. The summed E-state index contributed by atoms with van der Waals surface area (Å²) in [4.78, 5) is 4.62. The number of halogens is 2. The predicted octanol–water partition coefficient (Wildman–Crippen LogP) is 4.91. The molecule has 1 aromatic heterocycles. The molecule has 2 aromatic carbocycles. The third-order valence-electron chi connectivity index (χ3n) is 2.53. The number of hydrogen-bond acceptors (Lipinski definition) is 1. The zero-order valence-corrected chi connectivity index (χ0v) is 11.4. The Hall–Kier alpha value is -0.930. The number of pyridine rings is 1. The lowest BCUT2D eigenvalue weighted by molar-refractivity contribution is 1.49. The molecule has 0 aliphatic rings. The summed E-state index contributed by atoms with van der Waals surface area (Å²) in [5.41, 5.74) is 2.05. The molecule has 0 aliphatic carbocycles. The van der Waals surface area contributed by atoms with E-state index in [4.69, 9.17) is 0 Å². The Morgan fingerprint density at radius 1 is 0.688 bits per heavy atom. The van der Waals surface area contributed by atoms with Crippen LogP contribution in [0.15, 0.2) is 51.4 Å². The third-order valence-corrected chi connectivity index (χ3v) is 3.52. The third kappa shape index (κ3) is 1.74. The Morgan fingerprint density at radius 3 is 1.69 bits per heavy atom. The van der Waals surface area contributed by atoms with Gasteiger partial charge >= 0.3 is 0 Å². The van der Waals surface area contributed by atoms with Gasteiger partial charge in [0, 0.05) is 19.7 Å². The minimum atomic E-state index is 1.03. The Morgan fingerprint density at radius 2 is 1.19 bits per heavy atom. The topological polar surface area (TPSA) is 12.9 Å². The normalized spacial score (nSPS) is 11.1. The molecule has 78 valence electrons. The van der Waals surface area contributed by atoms with E-state index in [0.717, 1.165) is 30.8 Å². The van der Waals surface area contributed by atoms with Gasteiger partial charge in [-0.05, 0) is 42.5 Å². The zero-order valence-electron chi connectivity index (χ0n) is 8.24. The van der Waals surface area contributed by atoms with Gasteiger partial charge in [-0.2, -0.15) is 0 Å². The van der Waals surface area contributed by atoms with Crippen LogP contribution >= 0.6 is 31.9 Å². The second-order valence-corrected chi connectivity index (χ2v) is 5.49. The van der Waals surface area contributed by atoms with Gasteiger partial charge in [0.05, 0.1) is 11.0 Å². The maximum atomic E-state index is 4.62. The van der Waals surface area contributed by atoms with Crippen LogP contribution in [0.5, 0.6) is 0 Å². The second kappa shape index (κ2) is 3.82. The highest BCUT2D eigenvalue weighted by atomic mass is 79.9. The van der Waals surface area contributed by atoms with Gasteiger partial charge < -0.3 is 0 Å². The summed E-state index contributed by atoms with van der Waals surface area (Å²) in [5, 5.41) is 2.31. The van der Waals surface area contributed by atoms with E-state index < -0.39 is 0 Å². The van der Waals surface area contributed by atoms with Crippen LogP contribution < -0.4 is 0 Å². The van der Waals surface area contributed by atoms with Crippen LogP contribution in [0, 0.1) is 0 Å². The standard InChI is InChI=1S/C13H7Br2N/c14-10-1-3-12-8(6-10)5-9-7-11(15)2-4-13(9)16-12/h1-7H. The van der Waals surface area contributed by atoms with Crippen molar-refractivity contribution < 1.29 is 0 Å². The van der Waals surface area contributed by atoms with Crippen molar-refractivity contribution in [3.8, 4) is 0 Å². The molecule has 0 bridgehead atoms. The summed E-state index contributed by atoms with van der Waals surface area (Å²) < 4.78 is 2.16. The van der Waals surface area contributed by atoms with Crippen molar-refractivity contribution >= 4 is 53.7 Å². The van der Waals surface area contributed by atoms with E-state index in [1.54, 1.807) is 0 Å². The molecule has 0 fully saturated rings. The van der Waals surface area contributed by atoms with Gasteiger partial charge in [0.1, 0.15) is 0 Å². The fourth-order valence-electron chi connectivity index (χ4n) is 1.78. The van der Waals surface area contributed by atoms with Crippen molar-refractivity contribution in [3.05, 3.63) is 51.4 Å². The van der Waals surface area contributed by atoms with Crippen molar-refractivity contribution in [2.24, 2.45) is 0 Å². The molecule has 16 heavy (non-hydrogen) atoms. The summed E-state index contributed by atoms with van der Waals surface area (Å²) in [7, 11) is 0. The minimum Gasteiger partial charge on any atom is -0.248 e. The van der Waals surface area contributed by atoms with E-state index in [2.05, 4.69) is 55.0 Å². The van der Waals surface area contributed by atoms with E-state index in [0.29, 0.717) is 0 Å². The Balaban J connectivity index is 2.44. The maximum absolute atomic E-state index is 4.62. The molecular formula is C13H7Br2N. The van der Waals surface area contributed by atoms with Crippen LogP contribution in [-0.4, -0.2) is 4.98 Å². The number of benzene rings is 2. The zero-order chi connectivity index (χ0) is 11.1. The summed E-state index contributed by atoms with van der Waals surface area (Å²) in [6.07, 6.45) is 0. The molecule has 1 nitrogen and oxygen atoms in total. The lowest BCUT2D eigenvalue weighted by atomic mass is 10.1. The number of rotatable bonds is 0. The summed E-state index contributed by atoms with van der Waals surface area (Å²) in [6.45, 7) is 0. The molecule has 0 aliphatic heterocycles. The Kier molecular flexibility index (Phi) is 2.45. The molecule has 3 rings (SSSR count). The summed E-state index contributed by atoms with van der Waals surface area (Å²) in [5.74, 6) is 0. The molecule has 0 saturated heterocycles. The molecule has 0 atom stereocenters. The Bertz CT molecular complexity index is 635. The average Bonchev–Trinajstić information content (AvgIpc) is 2.26. The minimum absolute atomic E-state index is 1.03. The molecule has 0 saturated carbocycles. The quantitative estimate of drug-likeness (QED) is 0.531. The van der Waals surface area contributed by atoms with E-state index in [1.165, 1.54) is 0 Å². The highest BCUT2D eigenvalue weighted by Crippen LogP contribution is 2.24. The fourth-order valence-corrected chi connectivity index (χ4v) is 2.54. The van der Waals surface area contributed by atoms with E-state index in [1.807, 2.05) is 24.3 Å². The van der Waals surface area contributed by atoms with Gasteiger partial charge in [-0.1, -0.05) is 31.9 Å². The first-order valence-corrected chi connectivity index (χ1v) is 6.46. The first kappa shape index (κ1) is 10.2. The molecular weight excluding hydrogens is 330 g/mol. The van der Waals surface area contributed by atoms with E-state index >= 15 is 0 Å². The predicted molar refractivity (Wildman–Crippen MR) is 74.6 cm³/mol. The first-order valence-electron chi connectivity index (χ1n) is 4.88. The maximum Gasteiger partial charge on any atom is 0.0710 e. The smallest absolute Gasteiger partial charge is 0.0710 e. The molecule has 3 heteroatoms. The fraction of sp³-hybridized carbons (Fsp3) is 0. The van der Waals surface area contributed by atoms with Crippen molar-refractivity contribution in [2.75, 3.05) is 0 Å². The molecule has 3 aromatic rings. The van der Waals surface area contributed by atoms with Gasteiger partial charge in [-0.25, -0.2) is 4.98 Å². The van der Waals surface area contributed by atoms with Gasteiger partial charge in [0.2, 0.25) is 0 Å². The van der Waals surface area contributed by atoms with E-state index in [-0.39, 0.29) is 0 Å². The highest BCUT2D eigenvalue weighted by Gasteiger charge is 2.00. The largest absolute Gasteiger partial charge is 0.248 e. The van der Waals surface area contributed by atoms with Crippen LogP contribution in [0.4, 0.5) is 0 Å². The molecule has 0 amide bonds. The van der Waals surface area contributed by atoms with Crippen molar-refractivity contribution in [2.45, 2.75) is 0 Å². The van der Waals surface area contributed by atoms with Crippen LogP contribution in [0.1, 0.15) is 0 Å². The summed E-state index contributed by atoms with van der Waals surface area (Å²) in [6, 6.07) is 14.4. The van der Waals surface area contributed by atoms with Crippen LogP contribution in [-0.2, 0) is 0 Å². The van der Waals surface area contributed by atoms with Gasteiger partial charge in [-0.3, -0.25) is 0 Å². The van der Waals surface area contributed by atoms with E-state index in [9.17, 15) is 0 Å². The van der Waals surface area contributed by atoms with Crippen LogP contribution in [0.3, 0.4) is 0 Å². The van der Waals surface area contributed by atoms with Gasteiger partial charge in [-0.15, -0.1) is 0 Å². The van der Waals surface area contributed by atoms with Crippen molar-refractivity contribution in [3.63, 3.8) is 0 Å². The lowest BCUT2D eigenvalue weighted by Gasteiger charge is -2.02. The number of hydrogen-bond donors (Lipinski definition) is 0. The highest BCUT2D eigenvalue weighted by molar-refractivity contribution is 9.10. The SMILES string of the molecule is Brc1ccc2nc3ccc(Br)cc3cc2c1. The first-order chi connectivity index (χ1) is 7.72. The van der Waals surface area contributed by atoms with Gasteiger partial charge in [0.25, 0.3) is 0 Å². The number of fused-ring (bicyclic) bond motifs is 2. The van der Waals surface area contributed by atoms with Crippen LogP contribution in [0.25, 0.3) is 21.8 Å². The molecule has 0 N–H and O–H groups in total. The Labute approximate surface area is 110 Å². The molecule has 0 unspecified atom stereocenters. The van der Waals surface area contributed by atoms with Crippen molar-refractivity contribution in [1.29, 1.82) is 0 Å². The van der Waals surface area contributed by atoms with Gasteiger partial charge in [0.15, 0.2) is 0 Å². The average molecular weight is 337 g/mol. The number of aromatic nitrogens is 1. The number of nitrogens with zero attached hydrogens (tertiary/aromatic N) is 1. The summed E-state index contributed by atoms with van der Waals surface area (Å²) >= 11 is 6.95.